The van der Waals surface area contributed by atoms with Crippen LogP contribution in [0.1, 0.15) is 72.1 Å². The van der Waals surface area contributed by atoms with Gasteiger partial charge in [0, 0.05) is 11.1 Å². The first-order valence-corrected chi connectivity index (χ1v) is 10.2. The molecular weight excluding hydrogens is 351 g/mol. The summed E-state index contributed by atoms with van der Waals surface area (Å²) in [5.41, 5.74) is 1.75. The predicted molar refractivity (Wildman–Crippen MR) is 106 cm³/mol. The summed E-state index contributed by atoms with van der Waals surface area (Å²) < 4.78 is 11.5. The van der Waals surface area contributed by atoms with Gasteiger partial charge in [-0.25, -0.2) is 0 Å². The van der Waals surface area contributed by atoms with E-state index in [9.17, 15) is 24.3 Å². The van der Waals surface area contributed by atoms with Gasteiger partial charge in [-0.3, -0.25) is 9.36 Å². The van der Waals surface area contributed by atoms with Crippen molar-refractivity contribution in [1.82, 2.24) is 0 Å². The highest BCUT2D eigenvalue weighted by Gasteiger charge is 2.43. The second kappa shape index (κ2) is 6.95. The standard InChI is InChI=1S/C20H31O5P/c1-18(2,3)14-11-13(17(22)15(12-14)19(4,5)6)9-10-16(21)20(7,8)26(23,24)25/h9-12,22H,1-8H3,(H2,23,24,25). The number of hydrogen-bond acceptors (Lipinski definition) is 3. The van der Waals surface area contributed by atoms with Crippen LogP contribution in [0.15, 0.2) is 18.2 Å². The molecular formula is C20H31O5P. The Kier molecular flexibility index (Phi) is 6.05. The number of ketones is 1. The van der Waals surface area contributed by atoms with E-state index in [1.165, 1.54) is 19.9 Å². The van der Waals surface area contributed by atoms with Crippen molar-refractivity contribution in [3.05, 3.63) is 34.9 Å². The fourth-order valence-electron chi connectivity index (χ4n) is 2.30. The normalized spacial score (nSPS) is 14.1. The quantitative estimate of drug-likeness (QED) is 0.525. The van der Waals surface area contributed by atoms with Crippen LogP contribution in [0.2, 0.25) is 0 Å². The molecule has 0 aliphatic rings. The van der Waals surface area contributed by atoms with Gasteiger partial charge in [0.2, 0.25) is 0 Å². The molecule has 0 saturated heterocycles. The maximum atomic E-state index is 12.3. The van der Waals surface area contributed by atoms with Gasteiger partial charge in [-0.05, 0) is 48.5 Å². The molecule has 0 saturated carbocycles. The second-order valence-electron chi connectivity index (χ2n) is 9.26. The maximum absolute atomic E-state index is 12.3. The highest BCUT2D eigenvalue weighted by atomic mass is 31.2. The number of phenolic OH excluding ortho intramolecular Hbond substituents is 1. The lowest BCUT2D eigenvalue weighted by Gasteiger charge is -2.27. The summed E-state index contributed by atoms with van der Waals surface area (Å²) in [7, 11) is -4.59. The first-order valence-electron chi connectivity index (χ1n) is 8.55. The SMILES string of the molecule is CC(C)(C)c1cc(C=CC(=O)C(C)(C)P(=O)(O)O)c(O)c(C(C)(C)C)c1. The van der Waals surface area contributed by atoms with E-state index in [2.05, 4.69) is 20.8 Å². The third-order valence-corrected chi connectivity index (χ3v) is 6.24. The number of hydrogen-bond donors (Lipinski definition) is 3. The average Bonchev–Trinajstić information content (AvgIpc) is 2.41. The van der Waals surface area contributed by atoms with Crippen LogP contribution in [0.4, 0.5) is 0 Å². The molecule has 0 unspecified atom stereocenters. The summed E-state index contributed by atoms with van der Waals surface area (Å²) >= 11 is 0. The molecule has 0 fully saturated rings. The molecule has 1 rings (SSSR count). The summed E-state index contributed by atoms with van der Waals surface area (Å²) in [5.74, 6) is -0.618. The average molecular weight is 382 g/mol. The van der Waals surface area contributed by atoms with Crippen LogP contribution in [0.3, 0.4) is 0 Å². The molecule has 0 aromatic heterocycles. The molecule has 0 amide bonds. The molecule has 0 atom stereocenters. The van der Waals surface area contributed by atoms with Crippen LogP contribution in [-0.4, -0.2) is 25.8 Å². The highest BCUT2D eigenvalue weighted by molar-refractivity contribution is 7.54. The van der Waals surface area contributed by atoms with Gasteiger partial charge in [-0.15, -0.1) is 0 Å². The Morgan fingerprint density at radius 3 is 1.85 bits per heavy atom. The van der Waals surface area contributed by atoms with Crippen molar-refractivity contribution < 1.29 is 24.3 Å². The van der Waals surface area contributed by atoms with Crippen molar-refractivity contribution in [2.75, 3.05) is 0 Å². The first kappa shape index (κ1) is 22.6. The van der Waals surface area contributed by atoms with Crippen LogP contribution >= 0.6 is 7.60 Å². The molecule has 0 aliphatic carbocycles. The molecule has 26 heavy (non-hydrogen) atoms. The highest BCUT2D eigenvalue weighted by Crippen LogP contribution is 2.50. The number of rotatable bonds is 4. The summed E-state index contributed by atoms with van der Waals surface area (Å²) in [4.78, 5) is 31.1. The fraction of sp³-hybridized carbons (Fsp3) is 0.550. The van der Waals surface area contributed by atoms with E-state index in [4.69, 9.17) is 0 Å². The van der Waals surface area contributed by atoms with E-state index in [0.717, 1.165) is 17.2 Å². The first-order chi connectivity index (χ1) is 11.4. The van der Waals surface area contributed by atoms with Crippen molar-refractivity contribution in [1.29, 1.82) is 0 Å². The molecule has 6 heteroatoms. The van der Waals surface area contributed by atoms with E-state index in [0.29, 0.717) is 5.56 Å². The van der Waals surface area contributed by atoms with Crippen molar-refractivity contribution in [2.45, 2.75) is 71.4 Å². The van der Waals surface area contributed by atoms with Gasteiger partial charge in [0.25, 0.3) is 0 Å². The third kappa shape index (κ3) is 4.85. The third-order valence-electron chi connectivity index (χ3n) is 4.56. The zero-order valence-corrected chi connectivity index (χ0v) is 17.8. The summed E-state index contributed by atoms with van der Waals surface area (Å²) in [6, 6.07) is 3.77. The van der Waals surface area contributed by atoms with Gasteiger partial charge >= 0.3 is 7.60 Å². The van der Waals surface area contributed by atoms with Crippen molar-refractivity contribution >= 4 is 19.5 Å². The number of carbonyl (C=O) groups excluding carboxylic acids is 1. The minimum Gasteiger partial charge on any atom is -0.507 e. The van der Waals surface area contributed by atoms with E-state index in [1.54, 1.807) is 6.07 Å². The van der Waals surface area contributed by atoms with Crippen LogP contribution in [-0.2, 0) is 20.2 Å². The molecule has 1 aromatic rings. The van der Waals surface area contributed by atoms with Gasteiger partial charge in [0.05, 0.1) is 0 Å². The summed E-state index contributed by atoms with van der Waals surface area (Å²) in [5, 5.41) is 8.86. The Balaban J connectivity index is 3.50. The number of phenols is 1. The van der Waals surface area contributed by atoms with Crippen LogP contribution in [0.5, 0.6) is 5.75 Å². The monoisotopic (exact) mass is 382 g/mol. The molecule has 3 N–H and O–H groups in total. The zero-order chi connectivity index (χ0) is 20.7. The number of carbonyl (C=O) groups is 1. The smallest absolute Gasteiger partial charge is 0.338 e. The lowest BCUT2D eigenvalue weighted by atomic mass is 9.79. The van der Waals surface area contributed by atoms with E-state index < -0.39 is 18.5 Å². The zero-order valence-electron chi connectivity index (χ0n) is 16.9. The van der Waals surface area contributed by atoms with E-state index in [1.807, 2.05) is 26.8 Å². The largest absolute Gasteiger partial charge is 0.507 e. The van der Waals surface area contributed by atoms with Gasteiger partial charge in [0.1, 0.15) is 10.9 Å². The molecule has 146 valence electrons. The lowest BCUT2D eigenvalue weighted by molar-refractivity contribution is -0.116. The molecule has 0 heterocycles. The molecule has 0 aliphatic heterocycles. The maximum Gasteiger partial charge on any atom is 0.338 e. The van der Waals surface area contributed by atoms with Gasteiger partial charge in [0.15, 0.2) is 5.78 Å². The van der Waals surface area contributed by atoms with Gasteiger partial charge in [-0.1, -0.05) is 47.6 Å². The minimum absolute atomic E-state index is 0.0727. The second-order valence-corrected chi connectivity index (χ2v) is 11.5. The molecule has 0 spiro atoms. The Hall–Kier alpha value is -1.42. The lowest BCUT2D eigenvalue weighted by Crippen LogP contribution is -2.29. The number of allylic oxidation sites excluding steroid dienone is 1. The Morgan fingerprint density at radius 1 is 0.962 bits per heavy atom. The van der Waals surface area contributed by atoms with E-state index in [-0.39, 0.29) is 16.6 Å². The van der Waals surface area contributed by atoms with Crippen LogP contribution in [0.25, 0.3) is 6.08 Å². The molecule has 0 radical (unpaired) electrons. The predicted octanol–water partition coefficient (Wildman–Crippen LogP) is 4.53. The molecule has 5 nitrogen and oxygen atoms in total. The topological polar surface area (TPSA) is 94.8 Å². The molecule has 1 aromatic carbocycles. The van der Waals surface area contributed by atoms with Gasteiger partial charge in [-0.2, -0.15) is 0 Å². The van der Waals surface area contributed by atoms with Crippen molar-refractivity contribution in [3.63, 3.8) is 0 Å². The Bertz CT molecular complexity index is 771. The van der Waals surface area contributed by atoms with Crippen LogP contribution in [0, 0.1) is 0 Å². The van der Waals surface area contributed by atoms with E-state index >= 15 is 0 Å². The minimum atomic E-state index is -4.59. The van der Waals surface area contributed by atoms with Crippen LogP contribution < -0.4 is 0 Å². The summed E-state index contributed by atoms with van der Waals surface area (Å²) in [6.45, 7) is 14.6. The Morgan fingerprint density at radius 2 is 1.46 bits per heavy atom. The number of aromatic hydroxyl groups is 1. The summed E-state index contributed by atoms with van der Waals surface area (Å²) in [6.07, 6.45) is 2.56. The Labute approximate surface area is 156 Å². The van der Waals surface area contributed by atoms with Crippen molar-refractivity contribution in [2.24, 2.45) is 0 Å². The van der Waals surface area contributed by atoms with Crippen molar-refractivity contribution in [3.8, 4) is 5.75 Å². The number of benzene rings is 1. The van der Waals surface area contributed by atoms with Gasteiger partial charge < -0.3 is 14.9 Å². The fourth-order valence-corrected chi connectivity index (χ4v) is 2.66. The molecule has 0 bridgehead atoms.